The van der Waals surface area contributed by atoms with Crippen LogP contribution in [0.2, 0.25) is 0 Å². The van der Waals surface area contributed by atoms with E-state index in [1.807, 2.05) is 0 Å². The number of carbonyl (C=O) groups is 1. The predicted octanol–water partition coefficient (Wildman–Crippen LogP) is 2.83. The highest BCUT2D eigenvalue weighted by molar-refractivity contribution is 5.88. The first kappa shape index (κ1) is 12.3. The molecule has 1 aromatic heterocycles. The molecule has 0 unspecified atom stereocenters. The lowest BCUT2D eigenvalue weighted by atomic mass is 10.2. The van der Waals surface area contributed by atoms with Crippen LogP contribution in [0.1, 0.15) is 21.7 Å². The fraction of sp³-hybridized carbons (Fsp3) is 0.154. The third-order valence-corrected chi connectivity index (χ3v) is 2.42. The van der Waals surface area contributed by atoms with E-state index in [1.54, 1.807) is 18.2 Å². The lowest BCUT2D eigenvalue weighted by Crippen LogP contribution is -2.02. The van der Waals surface area contributed by atoms with Gasteiger partial charge >= 0.3 is 5.97 Å². The molecule has 0 spiro atoms. The van der Waals surface area contributed by atoms with Crippen LogP contribution in [0.3, 0.4) is 0 Å². The minimum absolute atomic E-state index is 0.0109. The molecular weight excluding hydrogens is 239 g/mol. The maximum absolute atomic E-state index is 13.3. The SMILES string of the molecule is O=C(O)c1ccoc1COCc1ccccc1F. The van der Waals surface area contributed by atoms with E-state index in [4.69, 9.17) is 14.3 Å². The summed E-state index contributed by atoms with van der Waals surface area (Å²) >= 11 is 0. The number of rotatable bonds is 5. The van der Waals surface area contributed by atoms with Crippen molar-refractivity contribution in [2.24, 2.45) is 0 Å². The summed E-state index contributed by atoms with van der Waals surface area (Å²) in [6.07, 6.45) is 1.28. The van der Waals surface area contributed by atoms with Crippen LogP contribution < -0.4 is 0 Å². The number of halogens is 1. The predicted molar refractivity (Wildman–Crippen MR) is 60.6 cm³/mol. The van der Waals surface area contributed by atoms with Crippen LogP contribution in [0.5, 0.6) is 0 Å². The molecule has 0 bridgehead atoms. The molecule has 0 aliphatic carbocycles. The first-order valence-corrected chi connectivity index (χ1v) is 5.29. The van der Waals surface area contributed by atoms with Gasteiger partial charge in [-0.05, 0) is 12.1 Å². The molecule has 0 fully saturated rings. The second-order valence-corrected chi connectivity index (χ2v) is 3.65. The third-order valence-electron chi connectivity index (χ3n) is 2.42. The van der Waals surface area contributed by atoms with Crippen molar-refractivity contribution in [3.8, 4) is 0 Å². The van der Waals surface area contributed by atoms with Crippen LogP contribution in [0, 0.1) is 5.82 Å². The van der Waals surface area contributed by atoms with Gasteiger partial charge in [-0.3, -0.25) is 0 Å². The van der Waals surface area contributed by atoms with Gasteiger partial charge in [0, 0.05) is 5.56 Å². The summed E-state index contributed by atoms with van der Waals surface area (Å²) in [6.45, 7) is 0.0510. The van der Waals surface area contributed by atoms with Crippen LogP contribution in [0.15, 0.2) is 41.0 Å². The summed E-state index contributed by atoms with van der Waals surface area (Å²) in [6, 6.07) is 7.60. The van der Waals surface area contributed by atoms with Gasteiger partial charge in [0.2, 0.25) is 0 Å². The molecule has 0 amide bonds. The molecule has 18 heavy (non-hydrogen) atoms. The summed E-state index contributed by atoms with van der Waals surface area (Å²) in [7, 11) is 0. The van der Waals surface area contributed by atoms with Gasteiger partial charge in [0.25, 0.3) is 0 Å². The summed E-state index contributed by atoms with van der Waals surface area (Å²) in [5.41, 5.74) is 0.476. The first-order chi connectivity index (χ1) is 8.68. The minimum Gasteiger partial charge on any atom is -0.478 e. The molecule has 0 atom stereocenters. The Bertz CT molecular complexity index is 547. The van der Waals surface area contributed by atoms with E-state index in [-0.39, 0.29) is 30.4 Å². The second kappa shape index (κ2) is 5.46. The third kappa shape index (κ3) is 2.75. The molecule has 0 aliphatic rings. The molecule has 1 N–H and O–H groups in total. The van der Waals surface area contributed by atoms with Gasteiger partial charge < -0.3 is 14.3 Å². The maximum Gasteiger partial charge on any atom is 0.339 e. The van der Waals surface area contributed by atoms with Crippen LogP contribution in [-0.2, 0) is 18.0 Å². The highest BCUT2D eigenvalue weighted by atomic mass is 19.1. The van der Waals surface area contributed by atoms with Crippen molar-refractivity contribution in [3.63, 3.8) is 0 Å². The average Bonchev–Trinajstić information content (AvgIpc) is 2.80. The summed E-state index contributed by atoms with van der Waals surface area (Å²) in [4.78, 5) is 10.8. The Balaban J connectivity index is 1.95. The van der Waals surface area contributed by atoms with Gasteiger partial charge in [0.15, 0.2) is 0 Å². The van der Waals surface area contributed by atoms with Crippen molar-refractivity contribution in [3.05, 3.63) is 59.3 Å². The van der Waals surface area contributed by atoms with E-state index in [2.05, 4.69) is 0 Å². The number of aromatic carboxylic acids is 1. The zero-order valence-corrected chi connectivity index (χ0v) is 9.43. The van der Waals surface area contributed by atoms with Crippen LogP contribution in [0.25, 0.3) is 0 Å². The van der Waals surface area contributed by atoms with Gasteiger partial charge in [-0.2, -0.15) is 0 Å². The molecule has 1 aromatic carbocycles. The monoisotopic (exact) mass is 250 g/mol. The lowest BCUT2D eigenvalue weighted by Gasteiger charge is -2.04. The summed E-state index contributed by atoms with van der Waals surface area (Å²) in [5.74, 6) is -1.21. The van der Waals surface area contributed by atoms with E-state index in [0.29, 0.717) is 5.56 Å². The van der Waals surface area contributed by atoms with Crippen molar-refractivity contribution in [1.29, 1.82) is 0 Å². The molecule has 2 aromatic rings. The van der Waals surface area contributed by atoms with Gasteiger partial charge in [-0.15, -0.1) is 0 Å². The zero-order valence-electron chi connectivity index (χ0n) is 9.43. The highest BCUT2D eigenvalue weighted by Gasteiger charge is 2.13. The molecule has 2 rings (SSSR count). The van der Waals surface area contributed by atoms with E-state index in [0.717, 1.165) is 0 Å². The fourth-order valence-electron chi connectivity index (χ4n) is 1.51. The van der Waals surface area contributed by atoms with Gasteiger partial charge in [-0.1, -0.05) is 18.2 Å². The number of hydrogen-bond donors (Lipinski definition) is 1. The molecule has 1 heterocycles. The van der Waals surface area contributed by atoms with Gasteiger partial charge in [0.05, 0.1) is 12.9 Å². The lowest BCUT2D eigenvalue weighted by molar-refractivity contribution is 0.0669. The van der Waals surface area contributed by atoms with E-state index in [9.17, 15) is 9.18 Å². The molecule has 5 heteroatoms. The number of furan rings is 1. The summed E-state index contributed by atoms with van der Waals surface area (Å²) < 4.78 is 23.5. The Labute approximate surface area is 103 Å². The molecule has 0 aliphatic heterocycles. The number of benzene rings is 1. The number of hydrogen-bond acceptors (Lipinski definition) is 3. The number of carboxylic acid groups (broad SMARTS) is 1. The van der Waals surface area contributed by atoms with E-state index < -0.39 is 5.97 Å². The largest absolute Gasteiger partial charge is 0.478 e. The Kier molecular flexibility index (Phi) is 3.74. The van der Waals surface area contributed by atoms with Gasteiger partial charge in [-0.25, -0.2) is 9.18 Å². The Morgan fingerprint density at radius 1 is 1.28 bits per heavy atom. The normalized spacial score (nSPS) is 10.5. The van der Waals surface area contributed by atoms with Gasteiger partial charge in [0.1, 0.15) is 23.7 Å². The van der Waals surface area contributed by atoms with Crippen LogP contribution in [0.4, 0.5) is 4.39 Å². The van der Waals surface area contributed by atoms with E-state index in [1.165, 1.54) is 18.4 Å². The van der Waals surface area contributed by atoms with Crippen molar-refractivity contribution < 1.29 is 23.4 Å². The van der Waals surface area contributed by atoms with E-state index >= 15 is 0 Å². The number of ether oxygens (including phenoxy) is 1. The van der Waals surface area contributed by atoms with Crippen molar-refractivity contribution in [2.45, 2.75) is 13.2 Å². The minimum atomic E-state index is -1.08. The Morgan fingerprint density at radius 3 is 2.78 bits per heavy atom. The standard InChI is InChI=1S/C13H11FO4/c14-11-4-2-1-3-9(11)7-17-8-12-10(13(15)16)5-6-18-12/h1-6H,7-8H2,(H,15,16). The van der Waals surface area contributed by atoms with Crippen molar-refractivity contribution in [1.82, 2.24) is 0 Å². The Hall–Kier alpha value is -2.14. The molecule has 0 saturated carbocycles. The quantitative estimate of drug-likeness (QED) is 0.886. The second-order valence-electron chi connectivity index (χ2n) is 3.65. The Morgan fingerprint density at radius 2 is 2.06 bits per heavy atom. The molecular formula is C13H11FO4. The van der Waals surface area contributed by atoms with Crippen molar-refractivity contribution in [2.75, 3.05) is 0 Å². The first-order valence-electron chi connectivity index (χ1n) is 5.29. The highest BCUT2D eigenvalue weighted by Crippen LogP contribution is 2.14. The molecule has 0 saturated heterocycles. The summed E-state index contributed by atoms with van der Waals surface area (Å²) in [5, 5.41) is 8.84. The van der Waals surface area contributed by atoms with Crippen LogP contribution >= 0.6 is 0 Å². The zero-order chi connectivity index (χ0) is 13.0. The maximum atomic E-state index is 13.3. The fourth-order valence-corrected chi connectivity index (χ4v) is 1.51. The average molecular weight is 250 g/mol. The molecule has 0 radical (unpaired) electrons. The topological polar surface area (TPSA) is 59.7 Å². The molecule has 94 valence electrons. The van der Waals surface area contributed by atoms with Crippen LogP contribution in [-0.4, -0.2) is 11.1 Å². The van der Waals surface area contributed by atoms with Crippen molar-refractivity contribution >= 4 is 5.97 Å². The smallest absolute Gasteiger partial charge is 0.339 e. The molecule has 4 nitrogen and oxygen atoms in total. The number of carboxylic acids is 1.